The first-order valence-electron chi connectivity index (χ1n) is 11.0. The monoisotopic (exact) mass is 391 g/mol. The number of benzene rings is 1. The lowest BCUT2D eigenvalue weighted by Gasteiger charge is -2.41. The van der Waals surface area contributed by atoms with Crippen molar-refractivity contribution in [2.45, 2.75) is 57.2 Å². The van der Waals surface area contributed by atoms with Crippen molar-refractivity contribution in [1.82, 2.24) is 14.8 Å². The van der Waals surface area contributed by atoms with Crippen LogP contribution in [0, 0.1) is 0 Å². The van der Waals surface area contributed by atoms with Crippen LogP contribution in [0.3, 0.4) is 0 Å². The predicted molar refractivity (Wildman–Crippen MR) is 112 cm³/mol. The largest absolute Gasteiger partial charge is 0.474 e. The average Bonchev–Trinajstić information content (AvgIpc) is 2.71. The molecule has 5 rings (SSSR count). The number of hydrogen-bond acceptors (Lipinski definition) is 4. The van der Waals surface area contributed by atoms with Gasteiger partial charge in [-0.05, 0) is 37.3 Å². The minimum Gasteiger partial charge on any atom is -0.474 e. The number of ether oxygens (including phenoxy) is 1. The number of piperidine rings is 1. The first kappa shape index (κ1) is 18.6. The molecule has 1 saturated heterocycles. The lowest BCUT2D eigenvalue weighted by molar-refractivity contribution is 0.0473. The molecule has 2 fully saturated rings. The number of pyridine rings is 1. The first-order chi connectivity index (χ1) is 14.3. The Bertz CT molecular complexity index is 858. The fourth-order valence-electron chi connectivity index (χ4n) is 4.68. The SMILES string of the molecule is O=C1c2ccc(OC3CCN(C4CCC4)CC3)nc2CCN1Cc1ccccc1. The smallest absolute Gasteiger partial charge is 0.256 e. The van der Waals surface area contributed by atoms with Crippen molar-refractivity contribution in [2.24, 2.45) is 0 Å². The molecule has 1 amide bonds. The van der Waals surface area contributed by atoms with E-state index in [1.165, 1.54) is 19.3 Å². The van der Waals surface area contributed by atoms with Crippen molar-refractivity contribution in [1.29, 1.82) is 0 Å². The van der Waals surface area contributed by atoms with Crippen LogP contribution < -0.4 is 4.74 Å². The maximum absolute atomic E-state index is 12.9. The highest BCUT2D eigenvalue weighted by Gasteiger charge is 2.30. The van der Waals surface area contributed by atoms with Gasteiger partial charge in [0, 0.05) is 44.7 Å². The summed E-state index contributed by atoms with van der Waals surface area (Å²) >= 11 is 0. The number of rotatable bonds is 5. The van der Waals surface area contributed by atoms with Gasteiger partial charge >= 0.3 is 0 Å². The van der Waals surface area contributed by atoms with Crippen LogP contribution in [0.1, 0.15) is 53.7 Å². The van der Waals surface area contributed by atoms with Crippen molar-refractivity contribution < 1.29 is 9.53 Å². The van der Waals surface area contributed by atoms with E-state index in [0.29, 0.717) is 19.0 Å². The molecule has 2 aliphatic heterocycles. The van der Waals surface area contributed by atoms with E-state index in [2.05, 4.69) is 17.0 Å². The van der Waals surface area contributed by atoms with Gasteiger partial charge in [-0.3, -0.25) is 4.79 Å². The van der Waals surface area contributed by atoms with Crippen LogP contribution in [0.2, 0.25) is 0 Å². The summed E-state index contributed by atoms with van der Waals surface area (Å²) in [5.41, 5.74) is 2.76. The fourth-order valence-corrected chi connectivity index (χ4v) is 4.68. The van der Waals surface area contributed by atoms with Gasteiger partial charge in [-0.15, -0.1) is 0 Å². The van der Waals surface area contributed by atoms with E-state index >= 15 is 0 Å². The first-order valence-corrected chi connectivity index (χ1v) is 11.0. The van der Waals surface area contributed by atoms with Crippen LogP contribution in [0.15, 0.2) is 42.5 Å². The van der Waals surface area contributed by atoms with Crippen LogP contribution in [0.4, 0.5) is 0 Å². The Morgan fingerprint density at radius 1 is 0.966 bits per heavy atom. The second-order valence-corrected chi connectivity index (χ2v) is 8.54. The van der Waals surface area contributed by atoms with Gasteiger partial charge in [0.15, 0.2) is 0 Å². The molecule has 0 unspecified atom stereocenters. The van der Waals surface area contributed by atoms with E-state index in [1.54, 1.807) is 0 Å². The molecule has 3 heterocycles. The standard InChI is InChI=1S/C24H29N3O2/c28-24-21-9-10-23(29-20-11-14-26(15-12-20)19-7-4-8-19)25-22(21)13-16-27(24)17-18-5-2-1-3-6-18/h1-3,5-6,9-10,19-20H,4,7-8,11-17H2. The molecule has 5 heteroatoms. The van der Waals surface area contributed by atoms with Gasteiger partial charge < -0.3 is 14.5 Å². The van der Waals surface area contributed by atoms with Crippen molar-refractivity contribution in [3.05, 3.63) is 59.3 Å². The fraction of sp³-hybridized carbons (Fsp3) is 0.500. The van der Waals surface area contributed by atoms with Gasteiger partial charge in [0.2, 0.25) is 5.88 Å². The van der Waals surface area contributed by atoms with E-state index in [9.17, 15) is 4.79 Å². The number of likely N-dealkylation sites (tertiary alicyclic amines) is 1. The molecule has 152 valence electrons. The van der Waals surface area contributed by atoms with Crippen LogP contribution in [-0.2, 0) is 13.0 Å². The molecule has 0 radical (unpaired) electrons. The molecule has 0 N–H and O–H groups in total. The second-order valence-electron chi connectivity index (χ2n) is 8.54. The molecule has 0 spiro atoms. The average molecular weight is 392 g/mol. The maximum atomic E-state index is 12.9. The normalized spacial score (nSPS) is 21.0. The van der Waals surface area contributed by atoms with E-state index in [-0.39, 0.29) is 12.0 Å². The molecule has 3 aliphatic rings. The molecule has 5 nitrogen and oxygen atoms in total. The lowest BCUT2D eigenvalue weighted by atomic mass is 9.90. The summed E-state index contributed by atoms with van der Waals surface area (Å²) in [6.45, 7) is 3.62. The van der Waals surface area contributed by atoms with E-state index in [4.69, 9.17) is 9.72 Å². The lowest BCUT2D eigenvalue weighted by Crippen LogP contribution is -2.46. The molecule has 29 heavy (non-hydrogen) atoms. The van der Waals surface area contributed by atoms with Crippen LogP contribution in [0.25, 0.3) is 0 Å². The zero-order valence-corrected chi connectivity index (χ0v) is 16.9. The number of amides is 1. The number of fused-ring (bicyclic) bond motifs is 1. The van der Waals surface area contributed by atoms with Gasteiger partial charge in [0.05, 0.1) is 11.3 Å². The quantitative estimate of drug-likeness (QED) is 0.780. The predicted octanol–water partition coefficient (Wildman–Crippen LogP) is 3.68. The maximum Gasteiger partial charge on any atom is 0.256 e. The number of carbonyl (C=O) groups excluding carboxylic acids is 1. The van der Waals surface area contributed by atoms with Gasteiger partial charge in [0.25, 0.3) is 5.91 Å². The van der Waals surface area contributed by atoms with E-state index in [0.717, 1.165) is 55.2 Å². The Balaban J connectivity index is 1.20. The summed E-state index contributed by atoms with van der Waals surface area (Å²) < 4.78 is 6.20. The van der Waals surface area contributed by atoms with Gasteiger partial charge in [0.1, 0.15) is 6.10 Å². The molecule has 1 aliphatic carbocycles. The summed E-state index contributed by atoms with van der Waals surface area (Å²) in [6.07, 6.45) is 7.29. The Morgan fingerprint density at radius 2 is 1.76 bits per heavy atom. The molecule has 1 aromatic carbocycles. The highest BCUT2D eigenvalue weighted by atomic mass is 16.5. The Labute approximate surface area is 172 Å². The van der Waals surface area contributed by atoms with Gasteiger partial charge in [-0.2, -0.15) is 0 Å². The topological polar surface area (TPSA) is 45.7 Å². The van der Waals surface area contributed by atoms with Crippen LogP contribution in [0.5, 0.6) is 5.88 Å². The van der Waals surface area contributed by atoms with E-state index in [1.807, 2.05) is 35.2 Å². The third-order valence-corrected chi connectivity index (χ3v) is 6.66. The Hall–Kier alpha value is -2.40. The highest BCUT2D eigenvalue weighted by molar-refractivity contribution is 5.96. The minimum atomic E-state index is 0.0722. The minimum absolute atomic E-state index is 0.0722. The summed E-state index contributed by atoms with van der Waals surface area (Å²) in [4.78, 5) is 22.1. The van der Waals surface area contributed by atoms with Crippen molar-refractivity contribution in [3.8, 4) is 5.88 Å². The molecule has 2 aromatic rings. The van der Waals surface area contributed by atoms with Crippen molar-refractivity contribution in [2.75, 3.05) is 19.6 Å². The third-order valence-electron chi connectivity index (χ3n) is 6.66. The summed E-state index contributed by atoms with van der Waals surface area (Å²) in [5, 5.41) is 0. The summed E-state index contributed by atoms with van der Waals surface area (Å²) in [6, 6.07) is 14.8. The number of nitrogens with zero attached hydrogens (tertiary/aromatic N) is 3. The zero-order valence-electron chi connectivity index (χ0n) is 16.9. The number of aromatic nitrogens is 1. The van der Waals surface area contributed by atoms with Crippen LogP contribution in [-0.4, -0.2) is 52.5 Å². The molecule has 0 atom stereocenters. The zero-order chi connectivity index (χ0) is 19.6. The Kier molecular flexibility index (Phi) is 5.23. The molecule has 1 saturated carbocycles. The third kappa shape index (κ3) is 4.01. The van der Waals surface area contributed by atoms with Gasteiger partial charge in [-0.25, -0.2) is 4.98 Å². The number of hydrogen-bond donors (Lipinski definition) is 0. The van der Waals surface area contributed by atoms with Crippen LogP contribution >= 0.6 is 0 Å². The van der Waals surface area contributed by atoms with Gasteiger partial charge in [-0.1, -0.05) is 36.8 Å². The van der Waals surface area contributed by atoms with Crippen molar-refractivity contribution in [3.63, 3.8) is 0 Å². The molecular formula is C24H29N3O2. The highest BCUT2D eigenvalue weighted by Crippen LogP contribution is 2.29. The molecule has 1 aromatic heterocycles. The number of carbonyl (C=O) groups is 1. The van der Waals surface area contributed by atoms with E-state index < -0.39 is 0 Å². The second kappa shape index (κ2) is 8.15. The Morgan fingerprint density at radius 3 is 2.48 bits per heavy atom. The molecule has 0 bridgehead atoms. The molecular weight excluding hydrogens is 362 g/mol. The summed E-state index contributed by atoms with van der Waals surface area (Å²) in [7, 11) is 0. The van der Waals surface area contributed by atoms with Crippen molar-refractivity contribution >= 4 is 5.91 Å². The summed E-state index contributed by atoms with van der Waals surface area (Å²) in [5.74, 6) is 0.748.